The van der Waals surface area contributed by atoms with Crippen molar-refractivity contribution in [3.05, 3.63) is 58.0 Å². The van der Waals surface area contributed by atoms with Gasteiger partial charge in [-0.05, 0) is 48.7 Å². The van der Waals surface area contributed by atoms with E-state index in [0.29, 0.717) is 37.4 Å². The van der Waals surface area contributed by atoms with E-state index in [0.717, 1.165) is 51.0 Å². The maximum absolute atomic E-state index is 12.9. The van der Waals surface area contributed by atoms with Crippen LogP contribution in [-0.4, -0.2) is 54.8 Å². The molecule has 9 heteroatoms. The highest BCUT2D eigenvalue weighted by atomic mass is 19.4. The number of aromatic nitrogens is 1. The summed E-state index contributed by atoms with van der Waals surface area (Å²) in [4.78, 5) is 28.0. The molecule has 0 radical (unpaired) electrons. The highest BCUT2D eigenvalue weighted by Gasteiger charge is 2.30. The number of rotatable bonds is 9. The first-order chi connectivity index (χ1) is 15.8. The van der Waals surface area contributed by atoms with Crippen molar-refractivity contribution in [3.8, 4) is 11.1 Å². The zero-order valence-corrected chi connectivity index (χ0v) is 18.8. The van der Waals surface area contributed by atoms with Crippen molar-refractivity contribution in [2.45, 2.75) is 38.9 Å². The number of carbonyl (C=O) groups excluding carboxylic acids is 1. The van der Waals surface area contributed by atoms with Crippen LogP contribution in [-0.2, 0) is 17.5 Å². The number of benzene rings is 1. The lowest BCUT2D eigenvalue weighted by molar-refractivity contribution is -0.137. The van der Waals surface area contributed by atoms with Crippen LogP contribution in [0.15, 0.2) is 41.3 Å². The first kappa shape index (κ1) is 25.0. The maximum atomic E-state index is 12.9. The summed E-state index contributed by atoms with van der Waals surface area (Å²) < 4.78 is 45.5. The normalized spacial score (nSPS) is 14.9. The minimum absolute atomic E-state index is 0.00475. The van der Waals surface area contributed by atoms with E-state index in [2.05, 4.69) is 10.2 Å². The van der Waals surface area contributed by atoms with Crippen LogP contribution in [0.4, 0.5) is 13.2 Å². The van der Waals surface area contributed by atoms with E-state index < -0.39 is 23.2 Å². The van der Waals surface area contributed by atoms with E-state index >= 15 is 0 Å². The van der Waals surface area contributed by atoms with Crippen LogP contribution in [0.1, 0.15) is 42.1 Å². The lowest BCUT2D eigenvalue weighted by Crippen LogP contribution is -2.38. The summed E-state index contributed by atoms with van der Waals surface area (Å²) in [5, 5.41) is 2.81. The third-order valence-corrected chi connectivity index (χ3v) is 5.67. The highest BCUT2D eigenvalue weighted by Crippen LogP contribution is 2.31. The van der Waals surface area contributed by atoms with Gasteiger partial charge in [-0.2, -0.15) is 13.2 Å². The van der Waals surface area contributed by atoms with Crippen LogP contribution >= 0.6 is 0 Å². The Bertz CT molecular complexity index is 981. The predicted molar refractivity (Wildman–Crippen MR) is 120 cm³/mol. The molecule has 0 spiro atoms. The minimum atomic E-state index is -4.43. The predicted octanol–water partition coefficient (Wildman–Crippen LogP) is 3.79. The molecular formula is C24H30F3N3O3. The number of alkyl halides is 3. The number of hydrogen-bond donors (Lipinski definition) is 1. The summed E-state index contributed by atoms with van der Waals surface area (Å²) >= 11 is 0. The zero-order valence-electron chi connectivity index (χ0n) is 18.8. The molecule has 1 aromatic heterocycles. The van der Waals surface area contributed by atoms with Crippen molar-refractivity contribution < 1.29 is 22.7 Å². The van der Waals surface area contributed by atoms with Crippen LogP contribution in [0.3, 0.4) is 0 Å². The number of aryl methyl sites for hydroxylation is 1. The Hall–Kier alpha value is -2.65. The molecule has 2 heterocycles. The third kappa shape index (κ3) is 6.91. The monoisotopic (exact) mass is 465 g/mol. The Morgan fingerprint density at radius 3 is 2.39 bits per heavy atom. The molecule has 1 amide bonds. The Labute approximate surface area is 191 Å². The van der Waals surface area contributed by atoms with E-state index in [1.54, 1.807) is 6.20 Å². The first-order valence-corrected chi connectivity index (χ1v) is 11.3. The summed E-state index contributed by atoms with van der Waals surface area (Å²) in [5.41, 5.74) is -0.115. The molecule has 1 aliphatic rings. The SMILES string of the molecule is CCCCn1cc(-c2ccc(C(F)(F)F)cc2)cc(C(=O)NCCCN2CCOCC2)c1=O. The molecule has 33 heavy (non-hydrogen) atoms. The van der Waals surface area contributed by atoms with Crippen LogP contribution in [0, 0.1) is 0 Å². The largest absolute Gasteiger partial charge is 0.416 e. The number of carbonyl (C=O) groups is 1. The highest BCUT2D eigenvalue weighted by molar-refractivity contribution is 5.95. The minimum Gasteiger partial charge on any atom is -0.379 e. The molecule has 6 nitrogen and oxygen atoms in total. The second-order valence-corrected chi connectivity index (χ2v) is 8.13. The van der Waals surface area contributed by atoms with Crippen LogP contribution in [0.2, 0.25) is 0 Å². The number of nitrogens with zero attached hydrogens (tertiary/aromatic N) is 2. The molecular weight excluding hydrogens is 435 g/mol. The second kappa shape index (κ2) is 11.5. The fourth-order valence-corrected chi connectivity index (χ4v) is 3.73. The number of morpholine rings is 1. The molecule has 0 aliphatic carbocycles. The van der Waals surface area contributed by atoms with Gasteiger partial charge in [0, 0.05) is 32.4 Å². The van der Waals surface area contributed by atoms with Crippen LogP contribution in [0.25, 0.3) is 11.1 Å². The van der Waals surface area contributed by atoms with Crippen molar-refractivity contribution in [1.82, 2.24) is 14.8 Å². The second-order valence-electron chi connectivity index (χ2n) is 8.13. The molecule has 0 bridgehead atoms. The Kier molecular flexibility index (Phi) is 8.68. The summed E-state index contributed by atoms with van der Waals surface area (Å²) in [5.74, 6) is -0.471. The molecule has 1 aromatic carbocycles. The van der Waals surface area contributed by atoms with Crippen molar-refractivity contribution in [1.29, 1.82) is 0 Å². The fourth-order valence-electron chi connectivity index (χ4n) is 3.73. The van der Waals surface area contributed by atoms with E-state index in [4.69, 9.17) is 4.74 Å². The van der Waals surface area contributed by atoms with Crippen LogP contribution < -0.4 is 10.9 Å². The fraction of sp³-hybridized carbons (Fsp3) is 0.500. The van der Waals surface area contributed by atoms with Gasteiger partial charge in [-0.1, -0.05) is 25.5 Å². The van der Waals surface area contributed by atoms with Gasteiger partial charge in [0.25, 0.3) is 11.5 Å². The molecule has 0 unspecified atom stereocenters. The number of nitrogens with one attached hydrogen (secondary N) is 1. The van der Waals surface area contributed by atoms with Crippen molar-refractivity contribution in [2.75, 3.05) is 39.4 Å². The van der Waals surface area contributed by atoms with Gasteiger partial charge in [-0.25, -0.2) is 0 Å². The van der Waals surface area contributed by atoms with Gasteiger partial charge in [0.15, 0.2) is 0 Å². The van der Waals surface area contributed by atoms with Gasteiger partial charge in [0.2, 0.25) is 0 Å². The summed E-state index contributed by atoms with van der Waals surface area (Å²) in [6.45, 7) is 6.83. The van der Waals surface area contributed by atoms with Gasteiger partial charge in [-0.3, -0.25) is 14.5 Å². The maximum Gasteiger partial charge on any atom is 0.416 e. The molecule has 1 aliphatic heterocycles. The smallest absolute Gasteiger partial charge is 0.379 e. The van der Waals surface area contributed by atoms with Crippen LogP contribution in [0.5, 0.6) is 0 Å². The molecule has 2 aromatic rings. The van der Waals surface area contributed by atoms with Gasteiger partial charge in [0.1, 0.15) is 5.56 Å². The molecule has 1 N–H and O–H groups in total. The van der Waals surface area contributed by atoms with E-state index in [-0.39, 0.29) is 5.56 Å². The number of hydrogen-bond acceptors (Lipinski definition) is 4. The number of pyridine rings is 1. The van der Waals surface area contributed by atoms with E-state index in [1.165, 1.54) is 22.8 Å². The molecule has 1 fully saturated rings. The van der Waals surface area contributed by atoms with Gasteiger partial charge >= 0.3 is 6.18 Å². The molecule has 1 saturated heterocycles. The average molecular weight is 466 g/mol. The zero-order chi connectivity index (χ0) is 23.8. The molecule has 0 atom stereocenters. The van der Waals surface area contributed by atoms with Crippen molar-refractivity contribution in [2.24, 2.45) is 0 Å². The third-order valence-electron chi connectivity index (χ3n) is 5.67. The quantitative estimate of drug-likeness (QED) is 0.573. The van der Waals surface area contributed by atoms with Gasteiger partial charge < -0.3 is 14.6 Å². The number of amides is 1. The number of ether oxygens (including phenoxy) is 1. The van der Waals surface area contributed by atoms with E-state index in [9.17, 15) is 22.8 Å². The number of halogens is 3. The van der Waals surface area contributed by atoms with Crippen molar-refractivity contribution >= 4 is 5.91 Å². The standard InChI is InChI=1S/C24H30F3N3O3/c1-2-3-11-30-17-19(18-5-7-20(8-6-18)24(25,26)27)16-21(23(30)32)22(31)28-9-4-10-29-12-14-33-15-13-29/h5-8,16-17H,2-4,9-15H2,1H3,(H,28,31). The molecule has 180 valence electrons. The Morgan fingerprint density at radius 2 is 1.76 bits per heavy atom. The Balaban J connectivity index is 1.76. The lowest BCUT2D eigenvalue weighted by Gasteiger charge is -2.26. The summed E-state index contributed by atoms with van der Waals surface area (Å²) in [6.07, 6.45) is -0.466. The molecule has 0 saturated carbocycles. The summed E-state index contributed by atoms with van der Waals surface area (Å²) in [7, 11) is 0. The van der Waals surface area contributed by atoms with E-state index in [1.807, 2.05) is 6.92 Å². The topological polar surface area (TPSA) is 63.6 Å². The average Bonchev–Trinajstić information content (AvgIpc) is 2.81. The number of unbranched alkanes of at least 4 members (excludes halogenated alkanes) is 1. The van der Waals surface area contributed by atoms with Crippen molar-refractivity contribution in [3.63, 3.8) is 0 Å². The lowest BCUT2D eigenvalue weighted by atomic mass is 10.0. The summed E-state index contributed by atoms with van der Waals surface area (Å²) in [6, 6.07) is 6.18. The van der Waals surface area contributed by atoms with Gasteiger partial charge in [-0.15, -0.1) is 0 Å². The Morgan fingerprint density at radius 1 is 1.06 bits per heavy atom. The molecule has 3 rings (SSSR count). The first-order valence-electron chi connectivity index (χ1n) is 11.3. The van der Waals surface area contributed by atoms with Gasteiger partial charge in [0.05, 0.1) is 18.8 Å².